The summed E-state index contributed by atoms with van der Waals surface area (Å²) >= 11 is 1.62. The summed E-state index contributed by atoms with van der Waals surface area (Å²) in [5.74, 6) is 1.82. The lowest BCUT2D eigenvalue weighted by atomic mass is 10.1. The molecular weight excluding hydrogens is 308 g/mol. The van der Waals surface area contributed by atoms with Crippen molar-refractivity contribution in [2.24, 2.45) is 0 Å². The molecular formula is C17H16N4OS. The molecule has 0 unspecified atom stereocenters. The lowest BCUT2D eigenvalue weighted by Crippen LogP contribution is -2.16. The Bertz CT molecular complexity index is 790. The Morgan fingerprint density at radius 1 is 1.17 bits per heavy atom. The Kier molecular flexibility index (Phi) is 3.75. The van der Waals surface area contributed by atoms with E-state index in [1.54, 1.807) is 16.4 Å². The first-order chi connectivity index (χ1) is 11.3. The summed E-state index contributed by atoms with van der Waals surface area (Å²) in [5.41, 5.74) is 3.46. The van der Waals surface area contributed by atoms with Crippen LogP contribution in [0.25, 0.3) is 5.69 Å². The van der Waals surface area contributed by atoms with Crippen molar-refractivity contribution in [3.05, 3.63) is 59.7 Å². The van der Waals surface area contributed by atoms with Crippen molar-refractivity contribution >= 4 is 11.8 Å². The molecule has 0 saturated carbocycles. The monoisotopic (exact) mass is 324 g/mol. The Morgan fingerprint density at radius 2 is 2.00 bits per heavy atom. The molecule has 2 aromatic carbocycles. The standard InChI is InChI=1S/C17H16N4OS/c1-12-6-8-14(9-7-12)21-17(18-19-20-21)23-11-15-10-13-4-2-3-5-16(13)22-15/h2-9,15H,10-11H2,1H3/t15-/m0/s1. The number of tetrazole rings is 1. The lowest BCUT2D eigenvalue weighted by molar-refractivity contribution is 0.259. The summed E-state index contributed by atoms with van der Waals surface area (Å²) in [5, 5.41) is 12.8. The van der Waals surface area contributed by atoms with Crippen LogP contribution in [-0.4, -0.2) is 32.1 Å². The molecule has 0 bridgehead atoms. The fraction of sp³-hybridized carbons (Fsp3) is 0.235. The van der Waals surface area contributed by atoms with E-state index in [0.29, 0.717) is 0 Å². The second-order valence-corrected chi connectivity index (χ2v) is 6.56. The Labute approximate surface area is 138 Å². The van der Waals surface area contributed by atoms with Crippen LogP contribution >= 0.6 is 11.8 Å². The number of benzene rings is 2. The number of hydrogen-bond donors (Lipinski definition) is 0. The van der Waals surface area contributed by atoms with E-state index in [2.05, 4.69) is 46.7 Å². The molecule has 23 heavy (non-hydrogen) atoms. The first-order valence-corrected chi connectivity index (χ1v) is 8.51. The van der Waals surface area contributed by atoms with Crippen LogP contribution in [0.1, 0.15) is 11.1 Å². The summed E-state index contributed by atoms with van der Waals surface area (Å²) in [4.78, 5) is 0. The van der Waals surface area contributed by atoms with Crippen LogP contribution in [0, 0.1) is 6.92 Å². The zero-order chi connectivity index (χ0) is 15.6. The molecule has 4 rings (SSSR count). The topological polar surface area (TPSA) is 52.8 Å². The van der Waals surface area contributed by atoms with Crippen LogP contribution in [-0.2, 0) is 6.42 Å². The molecule has 2 heterocycles. The number of hydrogen-bond acceptors (Lipinski definition) is 5. The van der Waals surface area contributed by atoms with Crippen molar-refractivity contribution in [2.45, 2.75) is 24.6 Å². The number of thioether (sulfide) groups is 1. The highest BCUT2D eigenvalue weighted by molar-refractivity contribution is 7.99. The number of aryl methyl sites for hydroxylation is 1. The van der Waals surface area contributed by atoms with Gasteiger partial charge in [-0.25, -0.2) is 0 Å². The summed E-state index contributed by atoms with van der Waals surface area (Å²) in [7, 11) is 0. The van der Waals surface area contributed by atoms with Crippen molar-refractivity contribution in [3.8, 4) is 11.4 Å². The van der Waals surface area contributed by atoms with Gasteiger partial charge in [0.15, 0.2) is 0 Å². The molecule has 1 aliphatic heterocycles. The molecule has 0 fully saturated rings. The Balaban J connectivity index is 1.45. The van der Waals surface area contributed by atoms with Crippen molar-refractivity contribution in [2.75, 3.05) is 5.75 Å². The average molecular weight is 324 g/mol. The maximum atomic E-state index is 5.97. The van der Waals surface area contributed by atoms with Crippen LogP contribution in [0.4, 0.5) is 0 Å². The third kappa shape index (κ3) is 2.94. The molecule has 0 radical (unpaired) electrons. The summed E-state index contributed by atoms with van der Waals surface area (Å²) in [6.45, 7) is 2.06. The summed E-state index contributed by atoms with van der Waals surface area (Å²) in [6.07, 6.45) is 1.11. The van der Waals surface area contributed by atoms with Gasteiger partial charge in [0.2, 0.25) is 5.16 Å². The van der Waals surface area contributed by atoms with E-state index in [9.17, 15) is 0 Å². The highest BCUT2D eigenvalue weighted by Crippen LogP contribution is 2.31. The molecule has 0 saturated heterocycles. The van der Waals surface area contributed by atoms with E-state index >= 15 is 0 Å². The van der Waals surface area contributed by atoms with E-state index in [1.807, 2.05) is 24.3 Å². The number of fused-ring (bicyclic) bond motifs is 1. The van der Waals surface area contributed by atoms with Crippen LogP contribution in [0.15, 0.2) is 53.7 Å². The van der Waals surface area contributed by atoms with Crippen molar-refractivity contribution in [3.63, 3.8) is 0 Å². The number of nitrogens with zero attached hydrogens (tertiary/aromatic N) is 4. The molecule has 1 aromatic heterocycles. The number of para-hydroxylation sites is 1. The van der Waals surface area contributed by atoms with Gasteiger partial charge in [-0.15, -0.1) is 5.10 Å². The molecule has 0 aliphatic carbocycles. The van der Waals surface area contributed by atoms with Crippen molar-refractivity contribution < 1.29 is 4.74 Å². The first kappa shape index (κ1) is 14.3. The number of aromatic nitrogens is 4. The largest absolute Gasteiger partial charge is 0.489 e. The average Bonchev–Trinajstić information content (AvgIpc) is 3.19. The van der Waals surface area contributed by atoms with E-state index in [0.717, 1.165) is 28.8 Å². The van der Waals surface area contributed by atoms with Gasteiger partial charge >= 0.3 is 0 Å². The third-order valence-electron chi connectivity index (χ3n) is 3.83. The van der Waals surface area contributed by atoms with Gasteiger partial charge in [0.25, 0.3) is 0 Å². The molecule has 1 aliphatic rings. The minimum atomic E-state index is 0.167. The van der Waals surface area contributed by atoms with E-state index in [4.69, 9.17) is 4.74 Å². The maximum absolute atomic E-state index is 5.97. The summed E-state index contributed by atoms with van der Waals surface area (Å²) in [6, 6.07) is 16.4. The van der Waals surface area contributed by atoms with Crippen molar-refractivity contribution in [1.82, 2.24) is 20.2 Å². The minimum absolute atomic E-state index is 0.167. The Hall–Kier alpha value is -2.34. The minimum Gasteiger partial charge on any atom is -0.489 e. The van der Waals surface area contributed by atoms with Crippen LogP contribution in [0.5, 0.6) is 5.75 Å². The number of ether oxygens (including phenoxy) is 1. The van der Waals surface area contributed by atoms with Gasteiger partial charge < -0.3 is 4.74 Å². The molecule has 0 amide bonds. The second kappa shape index (κ2) is 6.04. The second-order valence-electron chi connectivity index (χ2n) is 5.57. The van der Waals surface area contributed by atoms with Gasteiger partial charge in [-0.1, -0.05) is 47.7 Å². The first-order valence-electron chi connectivity index (χ1n) is 7.52. The van der Waals surface area contributed by atoms with Crippen molar-refractivity contribution in [1.29, 1.82) is 0 Å². The quantitative estimate of drug-likeness (QED) is 0.690. The SMILES string of the molecule is Cc1ccc(-n2nnnc2SC[C@@H]2Cc3ccccc3O2)cc1. The van der Waals surface area contributed by atoms with Gasteiger partial charge in [-0.3, -0.25) is 0 Å². The van der Waals surface area contributed by atoms with Crippen LogP contribution in [0.2, 0.25) is 0 Å². The van der Waals surface area contributed by atoms with Gasteiger partial charge in [0.1, 0.15) is 11.9 Å². The fourth-order valence-electron chi connectivity index (χ4n) is 2.63. The third-order valence-corrected chi connectivity index (χ3v) is 4.88. The van der Waals surface area contributed by atoms with E-state index < -0.39 is 0 Å². The van der Waals surface area contributed by atoms with Gasteiger partial charge in [-0.2, -0.15) is 4.68 Å². The molecule has 5 nitrogen and oxygen atoms in total. The van der Waals surface area contributed by atoms with E-state index in [-0.39, 0.29) is 6.10 Å². The Morgan fingerprint density at radius 3 is 2.83 bits per heavy atom. The lowest BCUT2D eigenvalue weighted by Gasteiger charge is -2.10. The highest BCUT2D eigenvalue weighted by atomic mass is 32.2. The van der Waals surface area contributed by atoms with E-state index in [1.165, 1.54) is 11.1 Å². The van der Waals surface area contributed by atoms with Gasteiger partial charge in [0.05, 0.1) is 5.69 Å². The molecule has 3 aromatic rings. The van der Waals surface area contributed by atoms with Gasteiger partial charge in [0, 0.05) is 12.2 Å². The number of rotatable bonds is 4. The predicted octanol–water partition coefficient (Wildman–Crippen LogP) is 3.07. The van der Waals surface area contributed by atoms with Crippen LogP contribution in [0.3, 0.4) is 0 Å². The zero-order valence-electron chi connectivity index (χ0n) is 12.7. The molecule has 1 atom stereocenters. The predicted molar refractivity (Wildman–Crippen MR) is 89.2 cm³/mol. The maximum Gasteiger partial charge on any atom is 0.214 e. The smallest absolute Gasteiger partial charge is 0.214 e. The highest BCUT2D eigenvalue weighted by Gasteiger charge is 2.23. The van der Waals surface area contributed by atoms with Crippen LogP contribution < -0.4 is 4.74 Å². The molecule has 0 spiro atoms. The van der Waals surface area contributed by atoms with Gasteiger partial charge in [-0.05, 0) is 41.1 Å². The fourth-order valence-corrected chi connectivity index (χ4v) is 3.51. The normalized spacial score (nSPS) is 16.1. The summed E-state index contributed by atoms with van der Waals surface area (Å²) < 4.78 is 7.74. The molecule has 6 heteroatoms. The molecule has 0 N–H and O–H groups in total. The zero-order valence-corrected chi connectivity index (χ0v) is 13.5. The molecule has 116 valence electrons.